The van der Waals surface area contributed by atoms with Gasteiger partial charge in [0.1, 0.15) is 5.75 Å². The van der Waals surface area contributed by atoms with E-state index in [0.717, 1.165) is 36.1 Å². The van der Waals surface area contributed by atoms with Gasteiger partial charge in [-0.05, 0) is 54.7 Å². The molecule has 1 saturated heterocycles. The van der Waals surface area contributed by atoms with Crippen LogP contribution in [0.1, 0.15) is 46.9 Å². The number of halogens is 1. The molecule has 1 aliphatic heterocycles. The standard InChI is InChI=1S/C22H23ClN4O2/c1-29-19-9-5-7-17(13-19)21-10-2-3-11-27(21)22(28)20-15-26(25-24-20)14-16-6-4-8-18(23)12-16/h4-9,12-13,15,21H,2-3,10-11,14H2,1H3/t21-/m1/s1. The second-order valence-corrected chi connectivity index (χ2v) is 7.65. The van der Waals surface area contributed by atoms with Crippen LogP contribution in [0, 0.1) is 0 Å². The minimum Gasteiger partial charge on any atom is -0.497 e. The van der Waals surface area contributed by atoms with Crippen LogP contribution in [0.3, 0.4) is 0 Å². The number of likely N-dealkylation sites (tertiary alicyclic amines) is 1. The fourth-order valence-electron chi connectivity index (χ4n) is 3.81. The summed E-state index contributed by atoms with van der Waals surface area (Å²) < 4.78 is 7.03. The number of ether oxygens (including phenoxy) is 1. The van der Waals surface area contributed by atoms with E-state index < -0.39 is 0 Å². The van der Waals surface area contributed by atoms with Crippen LogP contribution in [0.15, 0.2) is 54.7 Å². The van der Waals surface area contributed by atoms with Crippen LogP contribution in [0.5, 0.6) is 5.75 Å². The number of carbonyl (C=O) groups is 1. The molecule has 0 bridgehead atoms. The van der Waals surface area contributed by atoms with Crippen LogP contribution < -0.4 is 4.74 Å². The van der Waals surface area contributed by atoms with Crippen molar-refractivity contribution in [2.75, 3.05) is 13.7 Å². The number of hydrogen-bond donors (Lipinski definition) is 0. The molecule has 2 aromatic carbocycles. The van der Waals surface area contributed by atoms with E-state index in [-0.39, 0.29) is 11.9 Å². The molecule has 0 aliphatic carbocycles. The third kappa shape index (κ3) is 4.43. The normalized spacial score (nSPS) is 16.6. The number of amides is 1. The molecule has 2 heterocycles. The molecule has 6 nitrogen and oxygen atoms in total. The minimum atomic E-state index is -0.0881. The predicted molar refractivity (Wildman–Crippen MR) is 111 cm³/mol. The molecule has 0 radical (unpaired) electrons. The van der Waals surface area contributed by atoms with Crippen LogP contribution in [-0.4, -0.2) is 39.5 Å². The highest BCUT2D eigenvalue weighted by Crippen LogP contribution is 2.33. The zero-order valence-corrected chi connectivity index (χ0v) is 17.0. The van der Waals surface area contributed by atoms with Gasteiger partial charge in [0, 0.05) is 11.6 Å². The number of piperidine rings is 1. The lowest BCUT2D eigenvalue weighted by Gasteiger charge is -2.35. The Morgan fingerprint density at radius 2 is 2.07 bits per heavy atom. The molecule has 4 rings (SSSR count). The Kier molecular flexibility index (Phi) is 5.81. The smallest absolute Gasteiger partial charge is 0.276 e. The van der Waals surface area contributed by atoms with Gasteiger partial charge in [-0.2, -0.15) is 0 Å². The van der Waals surface area contributed by atoms with Crippen molar-refractivity contribution in [3.05, 3.63) is 76.6 Å². The molecule has 0 spiro atoms. The number of methoxy groups -OCH3 is 1. The van der Waals surface area contributed by atoms with E-state index >= 15 is 0 Å². The van der Waals surface area contributed by atoms with Crippen molar-refractivity contribution < 1.29 is 9.53 Å². The summed E-state index contributed by atoms with van der Waals surface area (Å²) in [5.41, 5.74) is 2.46. The van der Waals surface area contributed by atoms with Crippen molar-refractivity contribution in [3.8, 4) is 5.75 Å². The Hall–Kier alpha value is -2.86. The second kappa shape index (κ2) is 8.66. The molecule has 0 unspecified atom stereocenters. The number of carbonyl (C=O) groups excluding carboxylic acids is 1. The van der Waals surface area contributed by atoms with Gasteiger partial charge in [-0.3, -0.25) is 4.79 Å². The van der Waals surface area contributed by atoms with Crippen LogP contribution >= 0.6 is 11.6 Å². The predicted octanol–water partition coefficient (Wildman–Crippen LogP) is 4.36. The fourth-order valence-corrected chi connectivity index (χ4v) is 4.03. The zero-order chi connectivity index (χ0) is 20.2. The molecule has 1 fully saturated rings. The summed E-state index contributed by atoms with van der Waals surface area (Å²) in [5, 5.41) is 8.95. The maximum Gasteiger partial charge on any atom is 0.276 e. The van der Waals surface area contributed by atoms with Gasteiger partial charge in [0.25, 0.3) is 5.91 Å². The summed E-state index contributed by atoms with van der Waals surface area (Å²) >= 11 is 6.05. The summed E-state index contributed by atoms with van der Waals surface area (Å²) in [6.07, 6.45) is 4.71. The van der Waals surface area contributed by atoms with E-state index in [4.69, 9.17) is 16.3 Å². The second-order valence-electron chi connectivity index (χ2n) is 7.22. The van der Waals surface area contributed by atoms with Crippen molar-refractivity contribution in [1.82, 2.24) is 19.9 Å². The first-order valence-corrected chi connectivity index (χ1v) is 10.1. The summed E-state index contributed by atoms with van der Waals surface area (Å²) in [6.45, 7) is 1.22. The maximum atomic E-state index is 13.2. The highest BCUT2D eigenvalue weighted by molar-refractivity contribution is 6.30. The first kappa shape index (κ1) is 19.5. The average Bonchev–Trinajstić information content (AvgIpc) is 3.21. The van der Waals surface area contributed by atoms with Gasteiger partial charge in [0.15, 0.2) is 5.69 Å². The van der Waals surface area contributed by atoms with E-state index in [0.29, 0.717) is 23.8 Å². The molecule has 1 aliphatic rings. The molecule has 0 saturated carbocycles. The van der Waals surface area contributed by atoms with Crippen molar-refractivity contribution >= 4 is 17.5 Å². The SMILES string of the molecule is COc1cccc([C@H]2CCCCN2C(=O)c2cn(Cc3cccc(Cl)c3)nn2)c1. The van der Waals surface area contributed by atoms with E-state index in [1.807, 2.05) is 47.4 Å². The maximum absolute atomic E-state index is 13.2. The molecule has 3 aromatic rings. The summed E-state index contributed by atoms with van der Waals surface area (Å²) in [4.78, 5) is 15.1. The number of hydrogen-bond acceptors (Lipinski definition) is 4. The summed E-state index contributed by atoms with van der Waals surface area (Å²) in [5.74, 6) is 0.711. The van der Waals surface area contributed by atoms with Crippen LogP contribution in [0.25, 0.3) is 0 Å². The van der Waals surface area contributed by atoms with Crippen molar-refractivity contribution in [3.63, 3.8) is 0 Å². The Bertz CT molecular complexity index is 1000. The van der Waals surface area contributed by atoms with Gasteiger partial charge < -0.3 is 9.64 Å². The zero-order valence-electron chi connectivity index (χ0n) is 16.3. The lowest BCUT2D eigenvalue weighted by atomic mass is 9.94. The first-order valence-electron chi connectivity index (χ1n) is 9.73. The lowest BCUT2D eigenvalue weighted by Crippen LogP contribution is -2.38. The Labute approximate surface area is 175 Å². The monoisotopic (exact) mass is 410 g/mol. The van der Waals surface area contributed by atoms with Crippen molar-refractivity contribution in [2.24, 2.45) is 0 Å². The highest BCUT2D eigenvalue weighted by Gasteiger charge is 2.30. The molecule has 1 atom stereocenters. The highest BCUT2D eigenvalue weighted by atomic mass is 35.5. The first-order chi connectivity index (χ1) is 14.1. The quantitative estimate of drug-likeness (QED) is 0.627. The van der Waals surface area contributed by atoms with Crippen LogP contribution in [0.4, 0.5) is 0 Å². The topological polar surface area (TPSA) is 60.2 Å². The molecule has 7 heteroatoms. The Morgan fingerprint density at radius 3 is 2.90 bits per heavy atom. The largest absolute Gasteiger partial charge is 0.497 e. The van der Waals surface area contributed by atoms with Gasteiger partial charge in [-0.15, -0.1) is 5.10 Å². The number of aromatic nitrogens is 3. The number of benzene rings is 2. The van der Waals surface area contributed by atoms with Gasteiger partial charge in [-0.1, -0.05) is 41.1 Å². The molecular weight excluding hydrogens is 388 g/mol. The van der Waals surface area contributed by atoms with Crippen molar-refractivity contribution in [1.29, 1.82) is 0 Å². The number of rotatable bonds is 5. The number of nitrogens with zero attached hydrogens (tertiary/aromatic N) is 4. The molecule has 1 aromatic heterocycles. The van der Waals surface area contributed by atoms with E-state index in [9.17, 15) is 4.79 Å². The third-order valence-corrected chi connectivity index (χ3v) is 5.47. The molecule has 1 amide bonds. The third-order valence-electron chi connectivity index (χ3n) is 5.23. The van der Waals surface area contributed by atoms with Gasteiger partial charge >= 0.3 is 0 Å². The minimum absolute atomic E-state index is 0.0180. The Balaban J connectivity index is 1.53. The lowest BCUT2D eigenvalue weighted by molar-refractivity contribution is 0.0605. The molecular formula is C22H23ClN4O2. The van der Waals surface area contributed by atoms with E-state index in [1.54, 1.807) is 18.0 Å². The summed E-state index contributed by atoms with van der Waals surface area (Å²) in [6, 6.07) is 15.5. The van der Waals surface area contributed by atoms with Crippen LogP contribution in [0.2, 0.25) is 5.02 Å². The van der Waals surface area contributed by atoms with Crippen molar-refractivity contribution in [2.45, 2.75) is 31.8 Å². The molecule has 29 heavy (non-hydrogen) atoms. The van der Waals surface area contributed by atoms with Gasteiger partial charge in [-0.25, -0.2) is 4.68 Å². The fraction of sp³-hybridized carbons (Fsp3) is 0.318. The van der Waals surface area contributed by atoms with E-state index in [1.165, 1.54) is 0 Å². The van der Waals surface area contributed by atoms with Gasteiger partial charge in [0.2, 0.25) is 0 Å². The average molecular weight is 411 g/mol. The van der Waals surface area contributed by atoms with Crippen LogP contribution in [-0.2, 0) is 6.54 Å². The molecule has 0 N–H and O–H groups in total. The van der Waals surface area contributed by atoms with Gasteiger partial charge in [0.05, 0.1) is 25.9 Å². The van der Waals surface area contributed by atoms with E-state index in [2.05, 4.69) is 16.4 Å². The Morgan fingerprint density at radius 1 is 1.21 bits per heavy atom. The summed E-state index contributed by atoms with van der Waals surface area (Å²) in [7, 11) is 1.65. The molecule has 150 valence electrons.